The molecular formula is C12H2F12I2N2O6. The van der Waals surface area contributed by atoms with E-state index in [4.69, 9.17) is 0 Å². The molecule has 0 saturated heterocycles. The van der Waals surface area contributed by atoms with Crippen LogP contribution < -0.4 is 0 Å². The Bertz CT molecular complexity index is 923. The summed E-state index contributed by atoms with van der Waals surface area (Å²) in [7, 11) is 0. The second kappa shape index (κ2) is 8.59. The fourth-order valence-electron chi connectivity index (χ4n) is 2.56. The number of hydrogen-bond donors (Lipinski definition) is 2. The van der Waals surface area contributed by atoms with E-state index in [1.165, 1.54) is 0 Å². The van der Waals surface area contributed by atoms with E-state index in [-0.39, 0.29) is 45.2 Å². The summed E-state index contributed by atoms with van der Waals surface area (Å²) in [6.07, 6.45) is -27.9. The van der Waals surface area contributed by atoms with Gasteiger partial charge in [-0.15, -0.1) is 0 Å². The van der Waals surface area contributed by atoms with Crippen molar-refractivity contribution in [2.75, 3.05) is 0 Å². The molecule has 0 spiro atoms. The number of benzene rings is 1. The fraction of sp³-hybridized carbons (Fsp3) is 0.500. The molecule has 0 bridgehead atoms. The highest BCUT2D eigenvalue weighted by atomic mass is 127. The molecular weight excluding hydrogens is 750 g/mol. The molecule has 0 heterocycles. The first-order valence-electron chi connectivity index (χ1n) is 7.27. The number of hydrogen-bond acceptors (Lipinski definition) is 6. The van der Waals surface area contributed by atoms with Gasteiger partial charge in [0.2, 0.25) is 0 Å². The normalized spacial score (nSPS) is 14.4. The Labute approximate surface area is 203 Å². The molecule has 22 heteroatoms. The van der Waals surface area contributed by atoms with E-state index in [0.717, 1.165) is 0 Å². The van der Waals surface area contributed by atoms with Gasteiger partial charge in [-0.05, 0) is 45.2 Å². The first-order valence-corrected chi connectivity index (χ1v) is 9.43. The number of alkyl halides is 12. The van der Waals surface area contributed by atoms with Crippen molar-refractivity contribution in [2.45, 2.75) is 35.9 Å². The van der Waals surface area contributed by atoms with Gasteiger partial charge in [-0.3, -0.25) is 20.2 Å². The molecule has 0 unspecified atom stereocenters. The molecule has 0 radical (unpaired) electrons. The van der Waals surface area contributed by atoms with Crippen LogP contribution in [0.3, 0.4) is 0 Å². The summed E-state index contributed by atoms with van der Waals surface area (Å²) in [5.41, 5.74) is -24.6. The molecule has 0 aliphatic heterocycles. The number of nitrogens with zero attached hydrogens (tertiary/aromatic N) is 2. The van der Waals surface area contributed by atoms with E-state index >= 15 is 0 Å². The molecule has 0 amide bonds. The lowest BCUT2D eigenvalue weighted by atomic mass is 9.84. The van der Waals surface area contributed by atoms with Crippen LogP contribution in [0.5, 0.6) is 0 Å². The second-order valence-electron chi connectivity index (χ2n) is 6.00. The van der Waals surface area contributed by atoms with Crippen molar-refractivity contribution in [3.63, 3.8) is 0 Å². The SMILES string of the molecule is O=[N+]([O-])c1c(I)c(C(O)(C(F)(F)F)C(F)(F)F)c([N+](=O)[O-])c(I)c1C(O)(C(F)(F)F)C(F)(F)F. The van der Waals surface area contributed by atoms with Crippen LogP contribution in [0.4, 0.5) is 64.1 Å². The van der Waals surface area contributed by atoms with Crippen molar-refractivity contribution < 1.29 is 72.7 Å². The van der Waals surface area contributed by atoms with Gasteiger partial charge in [0.1, 0.15) is 18.3 Å². The lowest BCUT2D eigenvalue weighted by Gasteiger charge is -2.35. The number of aliphatic hydroxyl groups is 2. The zero-order valence-corrected chi connectivity index (χ0v) is 19.0. The van der Waals surface area contributed by atoms with Crippen LogP contribution in [0.2, 0.25) is 0 Å². The maximum absolute atomic E-state index is 13.3. The highest BCUT2D eigenvalue weighted by Crippen LogP contribution is 2.60. The quantitative estimate of drug-likeness (QED) is 0.185. The van der Waals surface area contributed by atoms with Crippen LogP contribution >= 0.6 is 45.2 Å². The molecule has 0 fully saturated rings. The average Bonchev–Trinajstić information content (AvgIpc) is 2.56. The minimum Gasteiger partial charge on any atom is -0.369 e. The van der Waals surface area contributed by atoms with Gasteiger partial charge < -0.3 is 10.2 Å². The summed E-state index contributed by atoms with van der Waals surface area (Å²) >= 11 is 0.00759. The third-order valence-corrected chi connectivity index (χ3v) is 6.16. The van der Waals surface area contributed by atoms with Gasteiger partial charge in [0.25, 0.3) is 22.6 Å². The van der Waals surface area contributed by atoms with Gasteiger partial charge in [0.05, 0.1) is 9.85 Å². The zero-order valence-electron chi connectivity index (χ0n) is 14.7. The van der Waals surface area contributed by atoms with E-state index in [1.807, 2.05) is 0 Å². The molecule has 1 aromatic carbocycles. The van der Waals surface area contributed by atoms with E-state index in [1.54, 1.807) is 0 Å². The molecule has 1 rings (SSSR count). The van der Waals surface area contributed by atoms with E-state index in [0.29, 0.717) is 0 Å². The zero-order chi connectivity index (χ0) is 27.6. The van der Waals surface area contributed by atoms with E-state index in [2.05, 4.69) is 0 Å². The van der Waals surface area contributed by atoms with Crippen LogP contribution in [-0.4, -0.2) is 44.8 Å². The van der Waals surface area contributed by atoms with Gasteiger partial charge in [0, 0.05) is 0 Å². The van der Waals surface area contributed by atoms with Crippen molar-refractivity contribution >= 4 is 56.6 Å². The van der Waals surface area contributed by atoms with Crippen molar-refractivity contribution in [1.82, 2.24) is 0 Å². The van der Waals surface area contributed by atoms with Crippen molar-refractivity contribution in [3.05, 3.63) is 38.5 Å². The number of nitro benzene ring substituents is 2. The summed E-state index contributed by atoms with van der Waals surface area (Å²) in [5.74, 6) is 0. The largest absolute Gasteiger partial charge is 0.430 e. The van der Waals surface area contributed by atoms with Crippen LogP contribution in [0.15, 0.2) is 0 Å². The highest BCUT2D eigenvalue weighted by Gasteiger charge is 2.77. The Morgan fingerprint density at radius 1 is 0.559 bits per heavy atom. The van der Waals surface area contributed by atoms with Crippen LogP contribution in [0.25, 0.3) is 0 Å². The molecule has 0 aromatic heterocycles. The summed E-state index contributed by atoms with van der Waals surface area (Å²) in [5, 5.41) is 41.6. The lowest BCUT2D eigenvalue weighted by Crippen LogP contribution is -2.56. The summed E-state index contributed by atoms with van der Waals surface area (Å²) in [6, 6.07) is 0. The predicted octanol–water partition coefficient (Wildman–Crippen LogP) is 5.34. The van der Waals surface area contributed by atoms with Crippen molar-refractivity contribution in [2.24, 2.45) is 0 Å². The maximum atomic E-state index is 13.3. The minimum absolute atomic E-state index is 0.00379. The van der Waals surface area contributed by atoms with Crippen LogP contribution in [0, 0.1) is 27.4 Å². The Morgan fingerprint density at radius 2 is 0.735 bits per heavy atom. The van der Waals surface area contributed by atoms with Crippen molar-refractivity contribution in [3.8, 4) is 0 Å². The topological polar surface area (TPSA) is 127 Å². The molecule has 8 nitrogen and oxygen atoms in total. The molecule has 34 heavy (non-hydrogen) atoms. The van der Waals surface area contributed by atoms with Gasteiger partial charge in [-0.2, -0.15) is 52.7 Å². The molecule has 1 aromatic rings. The molecule has 0 aliphatic rings. The molecule has 194 valence electrons. The third-order valence-electron chi connectivity index (χ3n) is 4.06. The Kier molecular flexibility index (Phi) is 7.73. The minimum atomic E-state index is -6.99. The van der Waals surface area contributed by atoms with Gasteiger partial charge >= 0.3 is 24.7 Å². The van der Waals surface area contributed by atoms with Crippen molar-refractivity contribution in [1.29, 1.82) is 0 Å². The first-order chi connectivity index (χ1) is 14.7. The highest BCUT2D eigenvalue weighted by molar-refractivity contribution is 14.1. The average molecular weight is 752 g/mol. The number of rotatable bonds is 4. The lowest BCUT2D eigenvalue weighted by molar-refractivity contribution is -0.411. The monoisotopic (exact) mass is 752 g/mol. The first kappa shape index (κ1) is 30.6. The van der Waals surface area contributed by atoms with Crippen LogP contribution in [0.1, 0.15) is 11.1 Å². The Hall–Kier alpha value is -1.44. The molecule has 0 aliphatic carbocycles. The van der Waals surface area contributed by atoms with Gasteiger partial charge in [-0.1, -0.05) is 0 Å². The Balaban J connectivity index is 4.73. The molecule has 0 atom stereocenters. The van der Waals surface area contributed by atoms with Gasteiger partial charge in [-0.25, -0.2) is 0 Å². The number of nitro groups is 2. The maximum Gasteiger partial charge on any atom is 0.430 e. The summed E-state index contributed by atoms with van der Waals surface area (Å²) in [6.45, 7) is 0. The van der Waals surface area contributed by atoms with Crippen LogP contribution in [-0.2, 0) is 11.2 Å². The van der Waals surface area contributed by atoms with E-state index in [9.17, 15) is 83.1 Å². The smallest absolute Gasteiger partial charge is 0.369 e. The second-order valence-corrected chi connectivity index (χ2v) is 8.16. The fourth-order valence-corrected chi connectivity index (χ4v) is 4.78. The standard InChI is InChI=1S/C12H2F12I2N2O6/c13-9(14,15)7(29,10(16,17)18)1-3(25)6(28(33)34)2(4(26)5(1)27(31)32)8(30,11(19,20)21)12(22,23)24/h29-30H. The summed E-state index contributed by atoms with van der Waals surface area (Å²) in [4.78, 5) is 17.9. The van der Waals surface area contributed by atoms with E-state index < -0.39 is 75.4 Å². The molecule has 2 N–H and O–H groups in total. The molecule has 0 saturated carbocycles. The summed E-state index contributed by atoms with van der Waals surface area (Å²) < 4.78 is 155. The van der Waals surface area contributed by atoms with Gasteiger partial charge in [0.15, 0.2) is 0 Å². The third kappa shape index (κ3) is 4.33. The Morgan fingerprint density at radius 3 is 0.853 bits per heavy atom. The number of halogens is 14. The predicted molar refractivity (Wildman–Crippen MR) is 97.2 cm³/mol.